The van der Waals surface area contributed by atoms with Gasteiger partial charge in [0.15, 0.2) is 0 Å². The first-order valence-electron chi connectivity index (χ1n) is 9.29. The number of carbonyl (C=O) groups excluding carboxylic acids is 2. The Morgan fingerprint density at radius 3 is 2.82 bits per heavy atom. The second kappa shape index (κ2) is 7.63. The number of amides is 1. The molecule has 0 bridgehead atoms. The van der Waals surface area contributed by atoms with E-state index in [0.717, 1.165) is 29.9 Å². The molecule has 1 unspecified atom stereocenters. The van der Waals surface area contributed by atoms with Crippen LogP contribution in [0.5, 0.6) is 0 Å². The number of fused-ring (bicyclic) bond motifs is 1. The summed E-state index contributed by atoms with van der Waals surface area (Å²) >= 11 is 0. The van der Waals surface area contributed by atoms with Gasteiger partial charge in [-0.2, -0.15) is 0 Å². The Bertz CT molecular complexity index is 945. The molecule has 0 radical (unpaired) electrons. The van der Waals surface area contributed by atoms with Crippen LogP contribution in [0, 0.1) is 0 Å². The third-order valence-electron chi connectivity index (χ3n) is 5.24. The minimum atomic E-state index is -0.389. The van der Waals surface area contributed by atoms with Crippen molar-refractivity contribution in [3.05, 3.63) is 41.4 Å². The van der Waals surface area contributed by atoms with E-state index >= 15 is 0 Å². The Balaban J connectivity index is 1.68. The third-order valence-corrected chi connectivity index (χ3v) is 5.24. The van der Waals surface area contributed by atoms with Gasteiger partial charge < -0.3 is 23.7 Å². The quantitative estimate of drug-likeness (QED) is 0.706. The number of esters is 1. The number of nitrogens with zero attached hydrogens (tertiary/aromatic N) is 3. The largest absolute Gasteiger partial charge is 0.501 e. The highest BCUT2D eigenvalue weighted by Crippen LogP contribution is 2.24. The Kier molecular flexibility index (Phi) is 5.04. The van der Waals surface area contributed by atoms with Crippen LogP contribution in [0.2, 0.25) is 0 Å². The molecule has 1 atom stereocenters. The number of carbonyl (C=O) groups is 2. The van der Waals surface area contributed by atoms with Crippen LogP contribution in [-0.2, 0) is 32.1 Å². The second-order valence-corrected chi connectivity index (χ2v) is 6.94. The molecule has 2 aliphatic rings. The minimum absolute atomic E-state index is 0.00750. The van der Waals surface area contributed by atoms with Crippen LogP contribution in [0.4, 0.5) is 0 Å². The number of aromatic nitrogens is 2. The van der Waals surface area contributed by atoms with Crippen molar-refractivity contribution in [1.29, 1.82) is 0 Å². The summed E-state index contributed by atoms with van der Waals surface area (Å²) in [7, 11) is 2.94. The average Bonchev–Trinajstić information content (AvgIpc) is 3.01. The maximum atomic E-state index is 12.4. The number of ether oxygens (including phenoxy) is 3. The molecule has 1 amide bonds. The molecule has 4 rings (SSSR count). The lowest BCUT2D eigenvalue weighted by molar-refractivity contribution is -0.132. The molecule has 1 saturated heterocycles. The topological polar surface area (TPSA) is 82.9 Å². The van der Waals surface area contributed by atoms with Gasteiger partial charge in [0.25, 0.3) is 0 Å². The maximum Gasteiger partial charge on any atom is 0.337 e. The van der Waals surface area contributed by atoms with Crippen molar-refractivity contribution in [3.8, 4) is 0 Å². The van der Waals surface area contributed by atoms with Gasteiger partial charge in [-0.3, -0.25) is 4.79 Å². The van der Waals surface area contributed by atoms with Crippen LogP contribution in [0.1, 0.15) is 29.0 Å². The molecule has 2 aromatic rings. The fourth-order valence-electron chi connectivity index (χ4n) is 3.50. The van der Waals surface area contributed by atoms with E-state index in [1.807, 2.05) is 12.1 Å². The zero-order valence-electron chi connectivity index (χ0n) is 16.0. The first-order chi connectivity index (χ1) is 13.6. The summed E-state index contributed by atoms with van der Waals surface area (Å²) in [6.45, 7) is 2.27. The van der Waals surface area contributed by atoms with Crippen molar-refractivity contribution in [3.63, 3.8) is 0 Å². The summed E-state index contributed by atoms with van der Waals surface area (Å²) in [5, 5.41) is 0. The van der Waals surface area contributed by atoms with E-state index in [1.165, 1.54) is 7.11 Å². The molecule has 28 heavy (non-hydrogen) atoms. The van der Waals surface area contributed by atoms with Crippen molar-refractivity contribution in [2.45, 2.75) is 32.0 Å². The monoisotopic (exact) mass is 385 g/mol. The van der Waals surface area contributed by atoms with Gasteiger partial charge in [0.1, 0.15) is 11.6 Å². The molecule has 148 valence electrons. The lowest BCUT2D eigenvalue weighted by Gasteiger charge is -2.29. The molecular weight excluding hydrogens is 362 g/mol. The number of methoxy groups -OCH3 is 2. The molecule has 0 saturated carbocycles. The minimum Gasteiger partial charge on any atom is -0.501 e. The van der Waals surface area contributed by atoms with Gasteiger partial charge in [0, 0.05) is 13.2 Å². The summed E-state index contributed by atoms with van der Waals surface area (Å²) in [6, 6.07) is 5.30. The van der Waals surface area contributed by atoms with Crippen LogP contribution >= 0.6 is 0 Å². The van der Waals surface area contributed by atoms with Crippen LogP contribution in [0.3, 0.4) is 0 Å². The highest BCUT2D eigenvalue weighted by Gasteiger charge is 2.26. The second-order valence-electron chi connectivity index (χ2n) is 6.94. The van der Waals surface area contributed by atoms with Gasteiger partial charge in [0.2, 0.25) is 5.91 Å². The van der Waals surface area contributed by atoms with E-state index in [0.29, 0.717) is 31.0 Å². The lowest BCUT2D eigenvalue weighted by atomic mass is 10.1. The Labute approximate surface area is 162 Å². The molecule has 8 heteroatoms. The van der Waals surface area contributed by atoms with Crippen LogP contribution < -0.4 is 0 Å². The SMILES string of the molecule is COC(=O)c1ccc2nc(CN3CC=C(OC)CC3=O)n(CC3CCO3)c2c1. The average molecular weight is 385 g/mol. The molecule has 0 N–H and O–H groups in total. The number of rotatable bonds is 6. The number of benzene rings is 1. The first-order valence-corrected chi connectivity index (χ1v) is 9.29. The van der Waals surface area contributed by atoms with Gasteiger partial charge in [-0.05, 0) is 30.7 Å². The van der Waals surface area contributed by atoms with E-state index in [4.69, 9.17) is 19.2 Å². The molecular formula is C20H23N3O5. The normalized spacial score (nSPS) is 19.4. The van der Waals surface area contributed by atoms with E-state index in [2.05, 4.69) is 4.57 Å². The zero-order chi connectivity index (χ0) is 19.7. The number of hydrogen-bond acceptors (Lipinski definition) is 6. The fraction of sp³-hybridized carbons (Fsp3) is 0.450. The van der Waals surface area contributed by atoms with Crippen molar-refractivity contribution >= 4 is 22.9 Å². The van der Waals surface area contributed by atoms with Crippen LogP contribution in [0.25, 0.3) is 11.0 Å². The first kappa shape index (κ1) is 18.5. The molecule has 1 aromatic carbocycles. The molecule has 2 aliphatic heterocycles. The highest BCUT2D eigenvalue weighted by molar-refractivity contribution is 5.93. The van der Waals surface area contributed by atoms with Gasteiger partial charge in [-0.25, -0.2) is 9.78 Å². The van der Waals surface area contributed by atoms with E-state index in [9.17, 15) is 9.59 Å². The fourth-order valence-corrected chi connectivity index (χ4v) is 3.50. The maximum absolute atomic E-state index is 12.4. The predicted molar refractivity (Wildman–Crippen MR) is 101 cm³/mol. The molecule has 1 aromatic heterocycles. The zero-order valence-corrected chi connectivity index (χ0v) is 16.0. The molecule has 8 nitrogen and oxygen atoms in total. The van der Waals surface area contributed by atoms with Crippen molar-refractivity contribution in [1.82, 2.24) is 14.5 Å². The lowest BCUT2D eigenvalue weighted by Crippen LogP contribution is -2.36. The van der Waals surface area contributed by atoms with Gasteiger partial charge >= 0.3 is 5.97 Å². The van der Waals surface area contributed by atoms with Crippen LogP contribution in [-0.4, -0.2) is 59.8 Å². The summed E-state index contributed by atoms with van der Waals surface area (Å²) in [6.07, 6.45) is 3.28. The third kappa shape index (κ3) is 3.47. The van der Waals surface area contributed by atoms with Gasteiger partial charge in [0.05, 0.1) is 56.4 Å². The summed E-state index contributed by atoms with van der Waals surface area (Å²) in [5.41, 5.74) is 2.09. The molecule has 1 fully saturated rings. The highest BCUT2D eigenvalue weighted by atomic mass is 16.5. The van der Waals surface area contributed by atoms with Crippen molar-refractivity contribution in [2.24, 2.45) is 0 Å². The molecule has 0 spiro atoms. The van der Waals surface area contributed by atoms with Crippen molar-refractivity contribution < 1.29 is 23.8 Å². The number of imidazole rings is 1. The van der Waals surface area contributed by atoms with E-state index < -0.39 is 0 Å². The molecule has 0 aliphatic carbocycles. The smallest absolute Gasteiger partial charge is 0.337 e. The molecule has 3 heterocycles. The van der Waals surface area contributed by atoms with E-state index in [1.54, 1.807) is 24.1 Å². The Hall–Kier alpha value is -2.87. The summed E-state index contributed by atoms with van der Waals surface area (Å²) < 4.78 is 17.7. The summed E-state index contributed by atoms with van der Waals surface area (Å²) in [5.74, 6) is 1.09. The Morgan fingerprint density at radius 1 is 1.36 bits per heavy atom. The number of hydrogen-bond donors (Lipinski definition) is 0. The van der Waals surface area contributed by atoms with Crippen LogP contribution in [0.15, 0.2) is 30.0 Å². The predicted octanol–water partition coefficient (Wildman–Crippen LogP) is 1.87. The van der Waals surface area contributed by atoms with E-state index in [-0.39, 0.29) is 24.4 Å². The van der Waals surface area contributed by atoms with Gasteiger partial charge in [-0.1, -0.05) is 0 Å². The standard InChI is InChI=1S/C20H23N3O5/c1-26-14-5-7-22(19(24)10-14)12-18-21-16-4-3-13(20(25)27-2)9-17(16)23(18)11-15-6-8-28-15/h3-5,9,15H,6-8,10-12H2,1-2H3. The van der Waals surface area contributed by atoms with Gasteiger partial charge in [-0.15, -0.1) is 0 Å². The Morgan fingerprint density at radius 2 is 2.18 bits per heavy atom. The summed E-state index contributed by atoms with van der Waals surface area (Å²) in [4.78, 5) is 30.9. The van der Waals surface area contributed by atoms with Crippen molar-refractivity contribution in [2.75, 3.05) is 27.4 Å².